The van der Waals surface area contributed by atoms with Gasteiger partial charge < -0.3 is 4.89 Å². The predicted octanol–water partition coefficient (Wildman–Crippen LogP) is 1.24. The van der Waals surface area contributed by atoms with Gasteiger partial charge in [0.15, 0.2) is 0 Å². The summed E-state index contributed by atoms with van der Waals surface area (Å²) in [6, 6.07) is 0. The highest BCUT2D eigenvalue weighted by molar-refractivity contribution is 14.2. The van der Waals surface area contributed by atoms with Crippen LogP contribution in [0.3, 0.4) is 0 Å². The van der Waals surface area contributed by atoms with Gasteiger partial charge in [0.2, 0.25) is 0 Å². The summed E-state index contributed by atoms with van der Waals surface area (Å²) in [5, 5.41) is 0. The van der Waals surface area contributed by atoms with Gasteiger partial charge in [-0.25, -0.2) is 0 Å². The molecule has 1 atom stereocenters. The van der Waals surface area contributed by atoms with E-state index in [2.05, 4.69) is 11.8 Å². The molecule has 0 spiro atoms. The molecule has 0 bridgehead atoms. The molecule has 1 nitrogen and oxygen atoms in total. The van der Waals surface area contributed by atoms with Gasteiger partial charge in [0.05, 0.1) is 0 Å². The Morgan fingerprint density at radius 2 is 2.00 bits per heavy atom. The molecule has 0 rings (SSSR count). The van der Waals surface area contributed by atoms with E-state index in [9.17, 15) is 4.89 Å². The summed E-state index contributed by atoms with van der Waals surface area (Å²) < 4.78 is -2.61. The first kappa shape index (κ1) is 6.63. The summed E-state index contributed by atoms with van der Waals surface area (Å²) in [4.78, 5) is 9.78. The Bertz CT molecular complexity index is 57.8. The molecule has 0 saturated heterocycles. The molecule has 0 aliphatic rings. The van der Waals surface area contributed by atoms with Crippen LogP contribution in [0, 0.1) is 0 Å². The van der Waals surface area contributed by atoms with Crippen molar-refractivity contribution in [2.24, 2.45) is 0 Å². The van der Waals surface area contributed by atoms with Crippen LogP contribution in [-0.4, -0.2) is 0 Å². The van der Waals surface area contributed by atoms with Gasteiger partial charge >= 0.3 is 0 Å². The van der Waals surface area contributed by atoms with Crippen LogP contribution in [-0.2, 0) is 11.8 Å². The molecule has 1 unspecified atom stereocenters. The summed E-state index contributed by atoms with van der Waals surface area (Å²) in [7, 11) is 0. The van der Waals surface area contributed by atoms with E-state index in [4.69, 9.17) is 11.2 Å². The molecule has 0 fully saturated rings. The summed E-state index contributed by atoms with van der Waals surface area (Å²) >= 11 is 10.5. The lowest BCUT2D eigenvalue weighted by Crippen LogP contribution is -1.81. The number of rotatable bonds is 0. The topological polar surface area (TPSA) is 23.1 Å². The second kappa shape index (κ2) is 2.07. The van der Waals surface area contributed by atoms with Crippen molar-refractivity contribution in [1.82, 2.24) is 0 Å². The fourth-order valence-electron chi connectivity index (χ4n) is 0. The molecular weight excluding hydrogens is 241 g/mol. The lowest BCUT2D eigenvalue weighted by Gasteiger charge is -2.05. The van der Waals surface area contributed by atoms with Crippen LogP contribution in [0.15, 0.2) is 0 Å². The van der Waals surface area contributed by atoms with Gasteiger partial charge in [0, 0.05) is 3.26 Å². The third-order valence-corrected chi connectivity index (χ3v) is 0. The first-order valence-electron chi connectivity index (χ1n) is 0.703. The minimum Gasteiger partial charge on any atom is -0.802 e. The van der Waals surface area contributed by atoms with Crippen molar-refractivity contribution < 1.29 is 4.89 Å². The average molecular weight is 241 g/mol. The third-order valence-electron chi connectivity index (χ3n) is 0. The standard InChI is InChI=1S/ClHIOPS/c1-4(2,3)5/h(H,3,5)/p-1. The third kappa shape index (κ3) is 27.9. The fourth-order valence-corrected chi connectivity index (χ4v) is 0. The van der Waals surface area contributed by atoms with Crippen LogP contribution >= 0.6 is 36.5 Å². The van der Waals surface area contributed by atoms with E-state index in [1.165, 1.54) is 22.0 Å². The first-order chi connectivity index (χ1) is 2.00. The Labute approximate surface area is 53.1 Å². The summed E-state index contributed by atoms with van der Waals surface area (Å²) in [5.74, 6) is 0. The van der Waals surface area contributed by atoms with E-state index in [-0.39, 0.29) is 0 Å². The highest BCUT2D eigenvalue weighted by Crippen LogP contribution is 2.50. The molecule has 0 aliphatic heterocycles. The quantitative estimate of drug-likeness (QED) is 0.470. The van der Waals surface area contributed by atoms with Crippen molar-refractivity contribution >= 4 is 48.3 Å². The minimum absolute atomic E-state index is 1.51. The Balaban J connectivity index is 3.47. The normalized spacial score (nSPS) is 21.4. The van der Waals surface area contributed by atoms with Crippen molar-refractivity contribution in [3.8, 4) is 0 Å². The SMILES string of the molecule is [O-]P(=S)(Cl)I. The lowest BCUT2D eigenvalue weighted by atomic mass is 15.9. The first-order valence-corrected chi connectivity index (χ1v) is 7.11. The van der Waals surface area contributed by atoms with Gasteiger partial charge in [-0.05, 0) is 22.0 Å². The molecule has 5 heteroatoms. The number of halogens is 2. The van der Waals surface area contributed by atoms with Gasteiger partial charge in [-0.1, -0.05) is 23.0 Å². The number of hydrogen-bond donors (Lipinski definition) is 0. The van der Waals surface area contributed by atoms with Gasteiger partial charge in [0.1, 0.15) is 0 Å². The number of hydrogen-bond acceptors (Lipinski definition) is 2. The zero-order valence-electron chi connectivity index (χ0n) is 2.02. The lowest BCUT2D eigenvalue weighted by molar-refractivity contribution is -0.148. The van der Waals surface area contributed by atoms with Gasteiger partial charge in [-0.3, -0.25) is 0 Å². The Morgan fingerprint density at radius 3 is 2.00 bits per heavy atom. The minimum atomic E-state index is -2.61. The van der Waals surface area contributed by atoms with E-state index >= 15 is 0 Å². The Hall–Kier alpha value is 1.63. The molecule has 32 valence electrons. The molecule has 0 heterocycles. The van der Waals surface area contributed by atoms with Gasteiger partial charge in [0.25, 0.3) is 0 Å². The smallest absolute Gasteiger partial charge is 0.0215 e. The van der Waals surface area contributed by atoms with E-state index in [0.29, 0.717) is 0 Å². The summed E-state index contributed by atoms with van der Waals surface area (Å²) in [6.07, 6.45) is 0. The second-order valence-corrected chi connectivity index (χ2v) is 12.6. The van der Waals surface area contributed by atoms with Crippen molar-refractivity contribution in [2.75, 3.05) is 0 Å². The second-order valence-electron chi connectivity index (χ2n) is 0.414. The molecule has 0 N–H and O–H groups in total. The van der Waals surface area contributed by atoms with Crippen LogP contribution < -0.4 is 4.89 Å². The van der Waals surface area contributed by atoms with Crippen LogP contribution in [0.4, 0.5) is 0 Å². The molecular formula is ClIOPS-. The van der Waals surface area contributed by atoms with E-state index in [0.717, 1.165) is 0 Å². The average Bonchev–Trinajstić information content (AvgIpc) is 0.722. The maximum atomic E-state index is 9.78. The Morgan fingerprint density at radius 1 is 2.00 bits per heavy atom. The van der Waals surface area contributed by atoms with Crippen LogP contribution in [0.5, 0.6) is 0 Å². The van der Waals surface area contributed by atoms with E-state index < -0.39 is 3.26 Å². The molecule has 0 aliphatic carbocycles. The molecule has 0 aromatic heterocycles. The van der Waals surface area contributed by atoms with Gasteiger partial charge in [-0.15, -0.1) is 0 Å². The van der Waals surface area contributed by atoms with E-state index in [1.807, 2.05) is 0 Å². The van der Waals surface area contributed by atoms with Crippen LogP contribution in [0.2, 0.25) is 0 Å². The molecule has 0 aromatic carbocycles. The summed E-state index contributed by atoms with van der Waals surface area (Å²) in [5.41, 5.74) is 0. The summed E-state index contributed by atoms with van der Waals surface area (Å²) in [6.45, 7) is 0. The highest BCUT2D eigenvalue weighted by atomic mass is 127. The van der Waals surface area contributed by atoms with Crippen molar-refractivity contribution in [1.29, 1.82) is 0 Å². The zero-order chi connectivity index (χ0) is 4.50. The molecule has 0 saturated carbocycles. The molecule has 0 aromatic rings. The van der Waals surface area contributed by atoms with Crippen molar-refractivity contribution in [3.05, 3.63) is 0 Å². The molecule has 0 radical (unpaired) electrons. The van der Waals surface area contributed by atoms with Gasteiger partial charge in [-0.2, -0.15) is 0 Å². The highest BCUT2D eigenvalue weighted by Gasteiger charge is 1.77. The van der Waals surface area contributed by atoms with Crippen molar-refractivity contribution in [2.45, 2.75) is 0 Å². The Kier molecular flexibility index (Phi) is 2.75. The molecule has 5 heavy (non-hydrogen) atoms. The van der Waals surface area contributed by atoms with E-state index in [1.54, 1.807) is 0 Å². The zero-order valence-corrected chi connectivity index (χ0v) is 6.64. The maximum Gasteiger partial charge on any atom is 0.0215 e. The van der Waals surface area contributed by atoms with Crippen LogP contribution in [0.25, 0.3) is 0 Å². The van der Waals surface area contributed by atoms with Crippen LogP contribution in [0.1, 0.15) is 0 Å². The maximum absolute atomic E-state index is 9.78. The predicted molar refractivity (Wildman–Crippen MR) is 34.2 cm³/mol. The largest absolute Gasteiger partial charge is 0.802 e. The monoisotopic (exact) mass is 241 g/mol. The fraction of sp³-hybridized carbons (Fsp3) is 0. The molecule has 0 amide bonds. The van der Waals surface area contributed by atoms with Crippen molar-refractivity contribution in [3.63, 3.8) is 0 Å².